The molecule has 0 aromatic heterocycles. The molecule has 0 unspecified atom stereocenters. The van der Waals surface area contributed by atoms with Gasteiger partial charge in [-0.25, -0.2) is 0 Å². The summed E-state index contributed by atoms with van der Waals surface area (Å²) in [4.78, 5) is 4.69. The minimum Gasteiger partial charge on any atom is -0.476 e. The van der Waals surface area contributed by atoms with Gasteiger partial charge in [0.15, 0.2) is 0 Å². The SMILES string of the molecule is CCc1ccc(N=Cc2ccccc2[CH2][Al]([CH3])[NH]c2ccccc2C)cc1. The number of aliphatic imine (C=N–C) groups is 1. The summed E-state index contributed by atoms with van der Waals surface area (Å²) in [7, 11) is 0. The van der Waals surface area contributed by atoms with Gasteiger partial charge in [-0.3, -0.25) is 4.99 Å². The quantitative estimate of drug-likeness (QED) is 0.393. The van der Waals surface area contributed by atoms with Crippen molar-refractivity contribution in [3.63, 3.8) is 0 Å². The van der Waals surface area contributed by atoms with Crippen LogP contribution in [0, 0.1) is 6.92 Å². The van der Waals surface area contributed by atoms with Crippen molar-refractivity contribution < 1.29 is 0 Å². The number of anilines is 1. The van der Waals surface area contributed by atoms with E-state index in [1.165, 1.54) is 27.9 Å². The summed E-state index contributed by atoms with van der Waals surface area (Å²) in [5, 5.41) is 1.09. The molecule has 0 spiro atoms. The van der Waals surface area contributed by atoms with Gasteiger partial charge in [0.25, 0.3) is 0 Å². The molecule has 136 valence electrons. The molecule has 0 aliphatic heterocycles. The molecule has 0 heterocycles. The maximum Gasteiger partial charge on any atom is 0.412 e. The number of benzene rings is 3. The van der Waals surface area contributed by atoms with Gasteiger partial charge < -0.3 is 4.30 Å². The molecule has 3 aromatic rings. The molecule has 3 heteroatoms. The zero-order chi connectivity index (χ0) is 19.1. The number of para-hydroxylation sites is 1. The highest BCUT2D eigenvalue weighted by molar-refractivity contribution is 6.60. The lowest BCUT2D eigenvalue weighted by atomic mass is 10.1. The monoisotopic (exact) mass is 370 g/mol. The number of hydrogen-bond donors (Lipinski definition) is 1. The van der Waals surface area contributed by atoms with E-state index in [1.807, 2.05) is 6.21 Å². The molecule has 0 radical (unpaired) electrons. The Bertz CT molecular complexity index is 900. The van der Waals surface area contributed by atoms with E-state index in [2.05, 4.69) is 102 Å². The summed E-state index contributed by atoms with van der Waals surface area (Å²) in [5.41, 5.74) is 7.50. The van der Waals surface area contributed by atoms with Crippen molar-refractivity contribution in [1.82, 2.24) is 0 Å². The average molecular weight is 370 g/mol. The highest BCUT2D eigenvalue weighted by Gasteiger charge is 2.15. The molecule has 1 N–H and O–H groups in total. The molecule has 0 amide bonds. The number of nitrogens with zero attached hydrogens (tertiary/aromatic N) is 1. The molecule has 2 nitrogen and oxygen atoms in total. The van der Waals surface area contributed by atoms with Crippen LogP contribution in [0.25, 0.3) is 0 Å². The second kappa shape index (κ2) is 9.56. The second-order valence-corrected chi connectivity index (χ2v) is 9.54. The molecular weight excluding hydrogens is 343 g/mol. The summed E-state index contributed by atoms with van der Waals surface area (Å²) in [6, 6.07) is 25.6. The van der Waals surface area contributed by atoms with E-state index in [1.54, 1.807) is 0 Å². The van der Waals surface area contributed by atoms with E-state index < -0.39 is 14.4 Å². The fourth-order valence-corrected chi connectivity index (χ4v) is 5.18. The Morgan fingerprint density at radius 1 is 0.926 bits per heavy atom. The molecule has 0 fully saturated rings. The molecule has 3 aromatic carbocycles. The number of rotatable bonds is 7. The van der Waals surface area contributed by atoms with E-state index >= 15 is 0 Å². The van der Waals surface area contributed by atoms with Crippen LogP contribution in [0.5, 0.6) is 0 Å². The first-order valence-corrected chi connectivity index (χ1v) is 12.2. The van der Waals surface area contributed by atoms with E-state index in [0.717, 1.165) is 17.4 Å². The lowest BCUT2D eigenvalue weighted by molar-refractivity contribution is 1.14. The van der Waals surface area contributed by atoms with Gasteiger partial charge >= 0.3 is 14.4 Å². The topological polar surface area (TPSA) is 24.4 Å². The van der Waals surface area contributed by atoms with Crippen LogP contribution in [0.1, 0.15) is 29.2 Å². The zero-order valence-corrected chi connectivity index (χ0v) is 17.6. The lowest BCUT2D eigenvalue weighted by Gasteiger charge is -2.14. The minimum atomic E-state index is -1.13. The van der Waals surface area contributed by atoms with Gasteiger partial charge in [-0.15, -0.1) is 0 Å². The largest absolute Gasteiger partial charge is 0.476 e. The van der Waals surface area contributed by atoms with Crippen molar-refractivity contribution in [2.24, 2.45) is 4.99 Å². The first-order chi connectivity index (χ1) is 13.2. The third-order valence-corrected chi connectivity index (χ3v) is 6.68. The Hall–Kier alpha value is -2.34. The summed E-state index contributed by atoms with van der Waals surface area (Å²) >= 11 is -1.13. The van der Waals surface area contributed by atoms with E-state index in [0.29, 0.717) is 0 Å². The normalized spacial score (nSPS) is 10.9. The predicted octanol–water partition coefficient (Wildman–Crippen LogP) is 6.12. The lowest BCUT2D eigenvalue weighted by Crippen LogP contribution is -2.25. The van der Waals surface area contributed by atoms with Crippen molar-refractivity contribution in [3.8, 4) is 0 Å². The fourth-order valence-electron chi connectivity index (χ4n) is 3.19. The smallest absolute Gasteiger partial charge is 0.412 e. The van der Waals surface area contributed by atoms with Crippen molar-refractivity contribution in [2.45, 2.75) is 31.3 Å². The second-order valence-electron chi connectivity index (χ2n) is 7.04. The third-order valence-electron chi connectivity index (χ3n) is 4.83. The number of hydrogen-bond acceptors (Lipinski definition) is 2. The first-order valence-electron chi connectivity index (χ1n) is 9.69. The summed E-state index contributed by atoms with van der Waals surface area (Å²) in [5.74, 6) is 2.36. The van der Waals surface area contributed by atoms with Crippen LogP contribution in [0.2, 0.25) is 5.79 Å². The molecular formula is C24H27AlN2. The Morgan fingerprint density at radius 3 is 2.37 bits per heavy atom. The predicted molar refractivity (Wildman–Crippen MR) is 120 cm³/mol. The van der Waals surface area contributed by atoms with E-state index in [9.17, 15) is 0 Å². The molecule has 0 aliphatic rings. The molecule has 0 atom stereocenters. The van der Waals surface area contributed by atoms with Crippen LogP contribution >= 0.6 is 0 Å². The van der Waals surface area contributed by atoms with Gasteiger partial charge in [0.05, 0.1) is 5.69 Å². The van der Waals surface area contributed by atoms with Crippen molar-refractivity contribution >= 4 is 32.0 Å². The maximum atomic E-state index is 4.69. The van der Waals surface area contributed by atoms with Gasteiger partial charge in [-0.05, 0) is 53.5 Å². The van der Waals surface area contributed by atoms with Crippen LogP contribution in [-0.4, -0.2) is 20.6 Å². The highest BCUT2D eigenvalue weighted by atomic mass is 27.2. The van der Waals surface area contributed by atoms with Crippen LogP contribution < -0.4 is 4.30 Å². The molecule has 0 saturated heterocycles. The van der Waals surface area contributed by atoms with Gasteiger partial charge in [0.1, 0.15) is 0 Å². The standard InChI is InChI=1S/C16H16N.C7H8N.CH3.Al/c1-3-14-8-10-16(11-9-14)17-12-15-7-5-4-6-13(15)2;1-6-4-2-3-5-7(6)8;;/h4-12H,2-3H2,1H3;2-5,8H,1H3;1H3;/q;-1;;+1. The van der Waals surface area contributed by atoms with Crippen LogP contribution in [0.4, 0.5) is 11.4 Å². The molecule has 0 saturated carbocycles. The molecule has 27 heavy (non-hydrogen) atoms. The van der Waals surface area contributed by atoms with Gasteiger partial charge in [0.2, 0.25) is 0 Å². The van der Waals surface area contributed by atoms with Crippen LogP contribution in [0.15, 0.2) is 77.8 Å². The van der Waals surface area contributed by atoms with Crippen molar-refractivity contribution in [1.29, 1.82) is 0 Å². The Labute approximate surface area is 167 Å². The van der Waals surface area contributed by atoms with Gasteiger partial charge in [-0.2, -0.15) is 0 Å². The van der Waals surface area contributed by atoms with E-state index in [-0.39, 0.29) is 0 Å². The molecule has 0 bridgehead atoms. The average Bonchev–Trinajstić information content (AvgIpc) is 2.69. The number of aryl methyl sites for hydroxylation is 2. The summed E-state index contributed by atoms with van der Waals surface area (Å²) in [6.07, 6.45) is 3.06. The van der Waals surface area contributed by atoms with Crippen molar-refractivity contribution in [2.75, 3.05) is 4.30 Å². The third kappa shape index (κ3) is 5.57. The van der Waals surface area contributed by atoms with Crippen LogP contribution in [0.3, 0.4) is 0 Å². The Kier molecular flexibility index (Phi) is 6.87. The highest BCUT2D eigenvalue weighted by Crippen LogP contribution is 2.17. The Morgan fingerprint density at radius 2 is 1.63 bits per heavy atom. The Balaban J connectivity index is 1.71. The summed E-state index contributed by atoms with van der Waals surface area (Å²) < 4.78 is 3.77. The minimum absolute atomic E-state index is 1.00. The molecule has 3 rings (SSSR count). The fraction of sp³-hybridized carbons (Fsp3) is 0.208. The number of nitrogens with one attached hydrogen (secondary N) is 1. The summed E-state index contributed by atoms with van der Waals surface area (Å²) in [6.45, 7) is 4.33. The zero-order valence-electron chi connectivity index (χ0n) is 16.4. The maximum absolute atomic E-state index is 4.69. The first kappa shape index (κ1) is 19.4. The molecule has 0 aliphatic carbocycles. The van der Waals surface area contributed by atoms with Gasteiger partial charge in [0, 0.05) is 11.9 Å². The van der Waals surface area contributed by atoms with Crippen LogP contribution in [-0.2, 0) is 11.7 Å². The van der Waals surface area contributed by atoms with Gasteiger partial charge in [-0.1, -0.05) is 72.9 Å². The van der Waals surface area contributed by atoms with Crippen molar-refractivity contribution in [3.05, 3.63) is 95.1 Å². The van der Waals surface area contributed by atoms with E-state index in [4.69, 9.17) is 0 Å².